The van der Waals surface area contributed by atoms with Crippen LogP contribution in [-0.2, 0) is 30.4 Å². The van der Waals surface area contributed by atoms with E-state index in [4.69, 9.17) is 18.9 Å². The third-order valence-electron chi connectivity index (χ3n) is 6.97. The number of nitrogens with zero attached hydrogens (tertiary/aromatic N) is 5. The standard InChI is InChI=1S/C31H26F7N5O5/c1-16-20(11-39)9-19(27(32)33)10-24(16)48-25-26(30(34,35)31(36,37)38)40-15-43(29(25)44)12-22-23(41-17(2)42-28(22)46-4)14-47-13-18-5-7-21(45-3)8-6-18/h5-10,15,27H,12-14H2,1-4H3. The Morgan fingerprint density at radius 1 is 0.979 bits per heavy atom. The van der Waals surface area contributed by atoms with Crippen LogP contribution in [0.5, 0.6) is 23.1 Å². The lowest BCUT2D eigenvalue weighted by Crippen LogP contribution is -2.37. The molecule has 0 amide bonds. The van der Waals surface area contributed by atoms with Crippen molar-refractivity contribution in [2.75, 3.05) is 14.2 Å². The van der Waals surface area contributed by atoms with Crippen molar-refractivity contribution in [2.24, 2.45) is 0 Å². The number of halogens is 7. The van der Waals surface area contributed by atoms with Gasteiger partial charge in [-0.3, -0.25) is 9.36 Å². The first-order valence-electron chi connectivity index (χ1n) is 13.8. The van der Waals surface area contributed by atoms with E-state index in [0.29, 0.717) is 22.7 Å². The van der Waals surface area contributed by atoms with Crippen LogP contribution in [0.15, 0.2) is 47.5 Å². The zero-order valence-electron chi connectivity index (χ0n) is 25.7. The zero-order chi connectivity index (χ0) is 35.4. The molecular weight excluding hydrogens is 655 g/mol. The van der Waals surface area contributed by atoms with Crippen LogP contribution in [0, 0.1) is 25.2 Å². The fourth-order valence-electron chi connectivity index (χ4n) is 4.43. The smallest absolute Gasteiger partial charge is 0.459 e. The van der Waals surface area contributed by atoms with Crippen molar-refractivity contribution in [1.29, 1.82) is 5.26 Å². The summed E-state index contributed by atoms with van der Waals surface area (Å²) in [5, 5.41) is 9.37. The summed E-state index contributed by atoms with van der Waals surface area (Å²) in [5.41, 5.74) is -4.02. The summed E-state index contributed by atoms with van der Waals surface area (Å²) in [4.78, 5) is 25.4. The molecule has 0 aliphatic rings. The Kier molecular flexibility index (Phi) is 10.6. The number of hydrogen-bond acceptors (Lipinski definition) is 9. The first-order valence-corrected chi connectivity index (χ1v) is 13.8. The van der Waals surface area contributed by atoms with Crippen molar-refractivity contribution in [1.82, 2.24) is 19.5 Å². The number of benzene rings is 2. The molecule has 254 valence electrons. The van der Waals surface area contributed by atoms with Gasteiger partial charge in [-0.15, -0.1) is 0 Å². The van der Waals surface area contributed by atoms with Gasteiger partial charge in [0.15, 0.2) is 5.69 Å². The molecule has 0 unspecified atom stereocenters. The molecule has 0 aliphatic carbocycles. The largest absolute Gasteiger partial charge is 0.497 e. The van der Waals surface area contributed by atoms with Crippen LogP contribution in [0.25, 0.3) is 0 Å². The van der Waals surface area contributed by atoms with Crippen molar-refractivity contribution in [3.05, 3.63) is 98.1 Å². The number of methoxy groups -OCH3 is 2. The van der Waals surface area contributed by atoms with Crippen molar-refractivity contribution in [3.63, 3.8) is 0 Å². The molecule has 2 aromatic carbocycles. The monoisotopic (exact) mass is 681 g/mol. The van der Waals surface area contributed by atoms with Crippen molar-refractivity contribution in [3.8, 4) is 29.2 Å². The van der Waals surface area contributed by atoms with Gasteiger partial charge in [0.2, 0.25) is 11.6 Å². The molecular formula is C31H26F7N5O5. The Morgan fingerprint density at radius 2 is 1.67 bits per heavy atom. The highest BCUT2D eigenvalue weighted by molar-refractivity contribution is 5.51. The summed E-state index contributed by atoms with van der Waals surface area (Å²) >= 11 is 0. The Morgan fingerprint density at radius 3 is 2.25 bits per heavy atom. The molecule has 0 saturated carbocycles. The van der Waals surface area contributed by atoms with Crippen LogP contribution in [0.2, 0.25) is 0 Å². The van der Waals surface area contributed by atoms with E-state index in [0.717, 1.165) is 11.6 Å². The molecule has 10 nitrogen and oxygen atoms in total. The highest BCUT2D eigenvalue weighted by atomic mass is 19.4. The van der Waals surface area contributed by atoms with E-state index >= 15 is 0 Å². The number of rotatable bonds is 12. The summed E-state index contributed by atoms with van der Waals surface area (Å²) in [5.74, 6) is -7.26. The predicted octanol–water partition coefficient (Wildman–Crippen LogP) is 6.69. The number of alkyl halides is 7. The van der Waals surface area contributed by atoms with Gasteiger partial charge in [0.05, 0.1) is 63.2 Å². The number of aryl methyl sites for hydroxylation is 1. The van der Waals surface area contributed by atoms with Gasteiger partial charge < -0.3 is 18.9 Å². The Bertz CT molecular complexity index is 1890. The minimum atomic E-state index is -6.23. The number of aromatic nitrogens is 4. The first-order chi connectivity index (χ1) is 22.6. The van der Waals surface area contributed by atoms with E-state index < -0.39 is 58.9 Å². The zero-order valence-corrected chi connectivity index (χ0v) is 25.7. The summed E-state index contributed by atoms with van der Waals surface area (Å²) in [6.07, 6.45) is -8.97. The molecule has 0 saturated heterocycles. The van der Waals surface area contributed by atoms with E-state index in [9.17, 15) is 40.8 Å². The Hall–Kier alpha value is -5.24. The first kappa shape index (κ1) is 35.6. The van der Waals surface area contributed by atoms with Crippen LogP contribution in [-0.4, -0.2) is 39.9 Å². The van der Waals surface area contributed by atoms with Gasteiger partial charge in [0, 0.05) is 11.1 Å². The van der Waals surface area contributed by atoms with Crippen LogP contribution in [0.1, 0.15) is 51.5 Å². The van der Waals surface area contributed by atoms with Gasteiger partial charge >= 0.3 is 12.1 Å². The lowest BCUT2D eigenvalue weighted by atomic mass is 10.0. The summed E-state index contributed by atoms with van der Waals surface area (Å²) in [6, 6.07) is 10.00. The van der Waals surface area contributed by atoms with Gasteiger partial charge in [-0.2, -0.15) is 32.2 Å². The predicted molar refractivity (Wildman–Crippen MR) is 153 cm³/mol. The normalized spacial score (nSPS) is 11.8. The molecule has 0 radical (unpaired) electrons. The van der Waals surface area contributed by atoms with Gasteiger partial charge in [0.25, 0.3) is 12.0 Å². The number of ether oxygens (including phenoxy) is 4. The number of nitriles is 1. The average Bonchev–Trinajstić information content (AvgIpc) is 3.04. The highest BCUT2D eigenvalue weighted by Gasteiger charge is 2.62. The maximum Gasteiger partial charge on any atom is 0.459 e. The van der Waals surface area contributed by atoms with Gasteiger partial charge in [0.1, 0.15) is 17.3 Å². The summed E-state index contributed by atoms with van der Waals surface area (Å²) < 4.78 is 119. The molecule has 2 heterocycles. The molecule has 0 fully saturated rings. The fourth-order valence-corrected chi connectivity index (χ4v) is 4.43. The minimum absolute atomic E-state index is 0.0660. The van der Waals surface area contributed by atoms with E-state index in [1.165, 1.54) is 28.1 Å². The second kappa shape index (κ2) is 14.3. The van der Waals surface area contributed by atoms with Crippen LogP contribution >= 0.6 is 0 Å². The molecule has 0 spiro atoms. The molecule has 0 atom stereocenters. The van der Waals surface area contributed by atoms with E-state index in [2.05, 4.69) is 15.0 Å². The molecule has 4 rings (SSSR count). The van der Waals surface area contributed by atoms with Crippen molar-refractivity contribution in [2.45, 2.75) is 52.1 Å². The molecule has 2 aromatic heterocycles. The lowest BCUT2D eigenvalue weighted by molar-refractivity contribution is -0.291. The molecule has 0 bridgehead atoms. The second-order valence-electron chi connectivity index (χ2n) is 10.2. The van der Waals surface area contributed by atoms with E-state index in [1.807, 2.05) is 0 Å². The van der Waals surface area contributed by atoms with Crippen molar-refractivity contribution < 1.29 is 49.7 Å². The lowest BCUT2D eigenvalue weighted by Gasteiger charge is -2.22. The maximum absolute atomic E-state index is 14.7. The van der Waals surface area contributed by atoms with E-state index in [-0.39, 0.29) is 41.7 Å². The Labute approximate surface area is 268 Å². The van der Waals surface area contributed by atoms with Gasteiger partial charge in [-0.25, -0.2) is 18.7 Å². The van der Waals surface area contributed by atoms with Crippen LogP contribution in [0.4, 0.5) is 30.7 Å². The average molecular weight is 682 g/mol. The van der Waals surface area contributed by atoms with Crippen molar-refractivity contribution >= 4 is 0 Å². The molecule has 17 heteroatoms. The third kappa shape index (κ3) is 7.49. The topological polar surface area (TPSA) is 121 Å². The molecule has 4 aromatic rings. The maximum atomic E-state index is 14.7. The van der Waals surface area contributed by atoms with Gasteiger partial charge in [-0.1, -0.05) is 12.1 Å². The molecule has 0 aliphatic heterocycles. The van der Waals surface area contributed by atoms with Crippen LogP contribution in [0.3, 0.4) is 0 Å². The summed E-state index contributed by atoms with van der Waals surface area (Å²) in [7, 11) is 2.76. The molecule has 48 heavy (non-hydrogen) atoms. The van der Waals surface area contributed by atoms with Gasteiger partial charge in [-0.05, 0) is 43.7 Å². The quantitative estimate of drug-likeness (QED) is 0.151. The Balaban J connectivity index is 1.80. The van der Waals surface area contributed by atoms with Crippen LogP contribution < -0.4 is 19.8 Å². The second-order valence-corrected chi connectivity index (χ2v) is 10.2. The number of hydrogen-bond donors (Lipinski definition) is 0. The fraction of sp³-hybridized carbons (Fsp3) is 0.323. The summed E-state index contributed by atoms with van der Waals surface area (Å²) in [6.45, 7) is 2.07. The SMILES string of the molecule is COc1ccc(COCc2nc(C)nc(OC)c2Cn2cnc(C(F)(F)C(F)(F)F)c(Oc3cc(C(F)F)cc(C#N)c3C)c2=O)cc1. The minimum Gasteiger partial charge on any atom is -0.497 e. The highest BCUT2D eigenvalue weighted by Crippen LogP contribution is 2.46. The third-order valence-corrected chi connectivity index (χ3v) is 6.97. The van der Waals surface area contributed by atoms with E-state index in [1.54, 1.807) is 30.3 Å². The molecule has 0 N–H and O–H groups in total.